The number of rotatable bonds is 16. The lowest BCUT2D eigenvalue weighted by Gasteiger charge is -2.22. The van der Waals surface area contributed by atoms with Gasteiger partial charge in [0.05, 0.1) is 4.90 Å². The highest BCUT2D eigenvalue weighted by atomic mass is 32.2. The molecule has 1 aliphatic heterocycles. The molecule has 41 heavy (non-hydrogen) atoms. The van der Waals surface area contributed by atoms with E-state index in [0.717, 1.165) is 49.2 Å². The first-order valence-corrected chi connectivity index (χ1v) is 16.3. The third-order valence-electron chi connectivity index (χ3n) is 7.21. The van der Waals surface area contributed by atoms with E-state index in [1.165, 1.54) is 25.9 Å². The van der Waals surface area contributed by atoms with Crippen LogP contribution >= 0.6 is 0 Å². The van der Waals surface area contributed by atoms with Crippen molar-refractivity contribution in [1.82, 2.24) is 19.2 Å². The minimum atomic E-state index is -3.60. The van der Waals surface area contributed by atoms with Gasteiger partial charge >= 0.3 is 0 Å². The second kappa shape index (κ2) is 15.1. The van der Waals surface area contributed by atoms with Gasteiger partial charge in [-0.3, -0.25) is 4.90 Å². The van der Waals surface area contributed by atoms with Gasteiger partial charge in [0.25, 0.3) is 0 Å². The summed E-state index contributed by atoms with van der Waals surface area (Å²) >= 11 is 0. The number of nitrogens with one attached hydrogen (secondary N) is 2. The molecule has 3 aromatic rings. The second-order valence-corrected chi connectivity index (χ2v) is 12.5. The van der Waals surface area contributed by atoms with E-state index < -0.39 is 10.0 Å². The van der Waals surface area contributed by atoms with Crippen molar-refractivity contribution in [3.05, 3.63) is 60.3 Å². The number of likely N-dealkylation sites (tertiary alicyclic amines) is 1. The van der Waals surface area contributed by atoms with Crippen LogP contribution in [0.5, 0.6) is 5.75 Å². The number of anilines is 4. The first-order chi connectivity index (χ1) is 19.9. The molecular weight excluding hydrogens is 536 g/mol. The molecule has 2 N–H and O–H groups in total. The van der Waals surface area contributed by atoms with Crippen LogP contribution in [0.25, 0.3) is 0 Å². The summed E-state index contributed by atoms with van der Waals surface area (Å²) in [6, 6.07) is 14.7. The van der Waals surface area contributed by atoms with E-state index in [4.69, 9.17) is 4.74 Å². The normalized spacial score (nSPS) is 14.0. The van der Waals surface area contributed by atoms with E-state index >= 15 is 0 Å². The summed E-state index contributed by atoms with van der Waals surface area (Å²) in [5.74, 6) is 1.88. The van der Waals surface area contributed by atoms with E-state index in [9.17, 15) is 8.42 Å². The van der Waals surface area contributed by atoms with E-state index in [1.54, 1.807) is 28.7 Å². The molecule has 0 atom stereocenters. The van der Waals surface area contributed by atoms with Crippen molar-refractivity contribution in [2.24, 2.45) is 0 Å². The van der Waals surface area contributed by atoms with Crippen LogP contribution < -0.4 is 15.4 Å². The molecule has 0 unspecified atom stereocenters. The van der Waals surface area contributed by atoms with E-state index in [0.29, 0.717) is 37.1 Å². The Balaban J connectivity index is 1.40. The standard InChI is InChI=1S/C31H44N6O3S/c1-4-6-19-37(20-7-5-2)41(38,39)29-12-10-11-27(23-29)33-30-25(3)24-32-31(35-30)34-26-13-15-28(16-14-26)40-22-21-36-17-8-9-18-36/h10-16,23-24H,4-9,17-22H2,1-3H3,(H2,32,33,34,35). The Hall–Kier alpha value is -3.21. The Morgan fingerprint density at radius 2 is 1.66 bits per heavy atom. The quantitative estimate of drug-likeness (QED) is 0.203. The van der Waals surface area contributed by atoms with Gasteiger partial charge in [0.15, 0.2) is 0 Å². The molecule has 1 fully saturated rings. The maximum Gasteiger partial charge on any atom is 0.243 e. The summed E-state index contributed by atoms with van der Waals surface area (Å²) in [5.41, 5.74) is 2.34. The van der Waals surface area contributed by atoms with Gasteiger partial charge in [0.1, 0.15) is 18.2 Å². The van der Waals surface area contributed by atoms with Crippen LogP contribution in [-0.4, -0.2) is 66.9 Å². The van der Waals surface area contributed by atoms with Crippen LogP contribution in [0.1, 0.15) is 57.9 Å². The van der Waals surface area contributed by atoms with Gasteiger partial charge in [-0.25, -0.2) is 13.4 Å². The van der Waals surface area contributed by atoms with Gasteiger partial charge in [0, 0.05) is 42.8 Å². The lowest BCUT2D eigenvalue weighted by molar-refractivity contribution is 0.238. The number of hydrogen-bond acceptors (Lipinski definition) is 8. The minimum absolute atomic E-state index is 0.280. The fourth-order valence-corrected chi connectivity index (χ4v) is 6.30. The highest BCUT2D eigenvalue weighted by Gasteiger charge is 2.24. The highest BCUT2D eigenvalue weighted by Crippen LogP contribution is 2.25. The molecule has 0 bridgehead atoms. The van der Waals surface area contributed by atoms with Crippen LogP contribution in [0, 0.1) is 6.92 Å². The lowest BCUT2D eigenvalue weighted by Crippen LogP contribution is -2.33. The highest BCUT2D eigenvalue weighted by molar-refractivity contribution is 7.89. The van der Waals surface area contributed by atoms with E-state index in [2.05, 4.69) is 39.3 Å². The lowest BCUT2D eigenvalue weighted by atomic mass is 10.3. The monoisotopic (exact) mass is 580 g/mol. The van der Waals surface area contributed by atoms with Crippen molar-refractivity contribution in [2.45, 2.75) is 64.2 Å². The van der Waals surface area contributed by atoms with Gasteiger partial charge in [-0.15, -0.1) is 0 Å². The SMILES string of the molecule is CCCCN(CCCC)S(=O)(=O)c1cccc(Nc2nc(Nc3ccc(OCCN4CCCC4)cc3)ncc2C)c1. The van der Waals surface area contributed by atoms with Crippen molar-refractivity contribution in [3.8, 4) is 5.75 Å². The molecule has 1 aliphatic rings. The zero-order valence-electron chi connectivity index (χ0n) is 24.6. The molecule has 1 aromatic heterocycles. The molecule has 1 saturated heterocycles. The fraction of sp³-hybridized carbons (Fsp3) is 0.484. The molecule has 2 aromatic carbocycles. The van der Waals surface area contributed by atoms with Gasteiger partial charge in [-0.1, -0.05) is 32.8 Å². The van der Waals surface area contributed by atoms with Crippen LogP contribution in [0.2, 0.25) is 0 Å². The Morgan fingerprint density at radius 3 is 2.34 bits per heavy atom. The Bertz CT molecular complexity index is 1340. The molecule has 0 aliphatic carbocycles. The fourth-order valence-electron chi connectivity index (χ4n) is 4.73. The predicted molar refractivity (Wildman–Crippen MR) is 166 cm³/mol. The van der Waals surface area contributed by atoms with Gasteiger partial charge in [-0.05, 0) is 88.2 Å². The first-order valence-electron chi connectivity index (χ1n) is 14.8. The topological polar surface area (TPSA) is 99.7 Å². The molecular formula is C31H44N6O3S. The van der Waals surface area contributed by atoms with Crippen LogP contribution in [0.15, 0.2) is 59.6 Å². The summed E-state index contributed by atoms with van der Waals surface area (Å²) in [5, 5.41) is 6.54. The number of nitrogens with zero attached hydrogens (tertiary/aromatic N) is 4. The zero-order valence-corrected chi connectivity index (χ0v) is 25.4. The number of hydrogen-bond donors (Lipinski definition) is 2. The summed E-state index contributed by atoms with van der Waals surface area (Å²) in [6.07, 6.45) is 7.87. The van der Waals surface area contributed by atoms with Gasteiger partial charge < -0.3 is 15.4 Å². The summed E-state index contributed by atoms with van der Waals surface area (Å²) in [4.78, 5) is 11.8. The van der Waals surface area contributed by atoms with Crippen molar-refractivity contribution in [1.29, 1.82) is 0 Å². The van der Waals surface area contributed by atoms with Gasteiger partial charge in [-0.2, -0.15) is 9.29 Å². The predicted octanol–water partition coefficient (Wildman–Crippen LogP) is 6.34. The molecule has 0 spiro atoms. The minimum Gasteiger partial charge on any atom is -0.492 e. The molecule has 9 nitrogen and oxygen atoms in total. The third kappa shape index (κ3) is 8.89. The first kappa shape index (κ1) is 30.7. The van der Waals surface area contributed by atoms with E-state index in [1.807, 2.05) is 37.3 Å². The molecule has 222 valence electrons. The molecule has 0 radical (unpaired) electrons. The van der Waals surface area contributed by atoms with Crippen molar-refractivity contribution in [2.75, 3.05) is 50.0 Å². The summed E-state index contributed by atoms with van der Waals surface area (Å²) < 4.78 is 34.4. The molecule has 0 saturated carbocycles. The second-order valence-electron chi connectivity index (χ2n) is 10.5. The Morgan fingerprint density at radius 1 is 0.951 bits per heavy atom. The number of sulfonamides is 1. The number of ether oxygens (including phenoxy) is 1. The Labute approximate surface area is 245 Å². The van der Waals surface area contributed by atoms with Crippen molar-refractivity contribution < 1.29 is 13.2 Å². The Kier molecular flexibility index (Phi) is 11.4. The number of aryl methyl sites for hydroxylation is 1. The zero-order chi connectivity index (χ0) is 29.1. The van der Waals surface area contributed by atoms with Crippen LogP contribution in [0.4, 0.5) is 23.1 Å². The molecule has 0 amide bonds. The maximum atomic E-state index is 13.5. The van der Waals surface area contributed by atoms with Gasteiger partial charge in [0.2, 0.25) is 16.0 Å². The smallest absolute Gasteiger partial charge is 0.243 e. The number of unbranched alkanes of at least 4 members (excludes halogenated alkanes) is 2. The summed E-state index contributed by atoms with van der Waals surface area (Å²) in [6.45, 7) is 11.1. The average molecular weight is 581 g/mol. The largest absolute Gasteiger partial charge is 0.492 e. The number of aromatic nitrogens is 2. The molecule has 2 heterocycles. The van der Waals surface area contributed by atoms with E-state index in [-0.39, 0.29) is 4.90 Å². The third-order valence-corrected chi connectivity index (χ3v) is 9.11. The maximum absolute atomic E-state index is 13.5. The summed E-state index contributed by atoms with van der Waals surface area (Å²) in [7, 11) is -3.60. The van der Waals surface area contributed by atoms with Crippen molar-refractivity contribution in [3.63, 3.8) is 0 Å². The van der Waals surface area contributed by atoms with Crippen LogP contribution in [-0.2, 0) is 10.0 Å². The number of benzene rings is 2. The average Bonchev–Trinajstić information content (AvgIpc) is 3.49. The van der Waals surface area contributed by atoms with Crippen LogP contribution in [0.3, 0.4) is 0 Å². The van der Waals surface area contributed by atoms with Crippen molar-refractivity contribution >= 4 is 33.2 Å². The molecule has 4 rings (SSSR count). The molecule has 10 heteroatoms.